The largest absolute Gasteiger partial charge is 0.373 e. The molecule has 0 bridgehead atoms. The van der Waals surface area contributed by atoms with Crippen molar-refractivity contribution in [2.45, 2.75) is 89.6 Å². The van der Waals surface area contributed by atoms with Crippen molar-refractivity contribution >= 4 is 5.91 Å². The fraction of sp³-hybridized carbons (Fsp3) is 0.947. The van der Waals surface area contributed by atoms with E-state index in [2.05, 4.69) is 43.2 Å². The number of amides is 1. The Bertz CT molecular complexity index is 430. The molecular weight excluding hydrogens is 302 g/mol. The number of fused-ring (bicyclic) bond motifs is 1. The fourth-order valence-electron chi connectivity index (χ4n) is 4.73. The smallest absolute Gasteiger partial charge is 0.237 e. The molecule has 3 aliphatic rings. The third kappa shape index (κ3) is 4.12. The van der Waals surface area contributed by atoms with E-state index in [-0.39, 0.29) is 29.7 Å². The van der Waals surface area contributed by atoms with Gasteiger partial charge >= 0.3 is 0 Å². The zero-order valence-electron chi connectivity index (χ0n) is 15.8. The van der Waals surface area contributed by atoms with Crippen molar-refractivity contribution in [3.63, 3.8) is 0 Å². The zero-order valence-corrected chi connectivity index (χ0v) is 15.8. The molecule has 0 spiro atoms. The molecule has 1 aliphatic carbocycles. The van der Waals surface area contributed by atoms with Crippen molar-refractivity contribution < 1.29 is 9.53 Å². The van der Waals surface area contributed by atoms with Gasteiger partial charge < -0.3 is 15.4 Å². The summed E-state index contributed by atoms with van der Waals surface area (Å²) in [7, 11) is 0. The summed E-state index contributed by atoms with van der Waals surface area (Å²) in [5.74, 6) is 0.898. The average Bonchev–Trinajstić information content (AvgIpc) is 2.96. The lowest BCUT2D eigenvalue weighted by atomic mass is 9.85. The molecule has 1 saturated carbocycles. The Morgan fingerprint density at radius 3 is 2.54 bits per heavy atom. The first-order chi connectivity index (χ1) is 11.3. The molecule has 0 radical (unpaired) electrons. The molecule has 2 aliphatic heterocycles. The molecule has 1 amide bonds. The van der Waals surface area contributed by atoms with Crippen LogP contribution >= 0.6 is 0 Å². The first kappa shape index (κ1) is 18.2. The molecule has 3 fully saturated rings. The van der Waals surface area contributed by atoms with Crippen molar-refractivity contribution in [2.24, 2.45) is 5.92 Å². The van der Waals surface area contributed by atoms with Crippen LogP contribution in [0, 0.1) is 5.92 Å². The Hall–Kier alpha value is -0.650. The summed E-state index contributed by atoms with van der Waals surface area (Å²) in [6.07, 6.45) is 6.69. The van der Waals surface area contributed by atoms with Crippen LogP contribution in [0.5, 0.6) is 0 Å². The van der Waals surface area contributed by atoms with Crippen molar-refractivity contribution in [3.05, 3.63) is 0 Å². The summed E-state index contributed by atoms with van der Waals surface area (Å²) < 4.78 is 5.83. The van der Waals surface area contributed by atoms with Crippen molar-refractivity contribution in [1.82, 2.24) is 15.5 Å². The molecule has 0 aromatic rings. The van der Waals surface area contributed by atoms with Gasteiger partial charge in [0.1, 0.15) is 0 Å². The lowest BCUT2D eigenvalue weighted by molar-refractivity contribution is -0.124. The molecule has 2 saturated heterocycles. The Morgan fingerprint density at radius 2 is 1.88 bits per heavy atom. The van der Waals surface area contributed by atoms with Gasteiger partial charge in [-0.3, -0.25) is 9.69 Å². The van der Waals surface area contributed by atoms with Crippen LogP contribution < -0.4 is 10.6 Å². The quantitative estimate of drug-likeness (QED) is 0.823. The maximum atomic E-state index is 12.6. The van der Waals surface area contributed by atoms with Gasteiger partial charge in [0.05, 0.1) is 18.2 Å². The summed E-state index contributed by atoms with van der Waals surface area (Å²) in [5.41, 5.74) is -0.0483. The Balaban J connectivity index is 1.50. The summed E-state index contributed by atoms with van der Waals surface area (Å²) >= 11 is 0. The average molecular weight is 338 g/mol. The number of carbonyl (C=O) groups excluding carboxylic acids is 1. The highest BCUT2D eigenvalue weighted by molar-refractivity contribution is 5.82. The van der Waals surface area contributed by atoms with Crippen LogP contribution in [0.4, 0.5) is 0 Å². The van der Waals surface area contributed by atoms with E-state index < -0.39 is 0 Å². The first-order valence-corrected chi connectivity index (χ1v) is 9.79. The molecule has 2 N–H and O–H groups in total. The van der Waals surface area contributed by atoms with E-state index in [9.17, 15) is 4.79 Å². The molecular formula is C19H35N3O2. The van der Waals surface area contributed by atoms with E-state index in [4.69, 9.17) is 4.74 Å². The lowest BCUT2D eigenvalue weighted by Gasteiger charge is -2.45. The summed E-state index contributed by atoms with van der Waals surface area (Å²) in [6.45, 7) is 11.2. The topological polar surface area (TPSA) is 53.6 Å². The van der Waals surface area contributed by atoms with Crippen molar-refractivity contribution in [3.8, 4) is 0 Å². The van der Waals surface area contributed by atoms with Crippen molar-refractivity contribution in [1.29, 1.82) is 0 Å². The third-order valence-corrected chi connectivity index (χ3v) is 6.15. The second-order valence-corrected chi connectivity index (χ2v) is 8.80. The number of hydrogen-bond donors (Lipinski definition) is 2. The van der Waals surface area contributed by atoms with Gasteiger partial charge in [0.15, 0.2) is 0 Å². The van der Waals surface area contributed by atoms with Gasteiger partial charge in [0.2, 0.25) is 5.91 Å². The lowest BCUT2D eigenvalue weighted by Crippen LogP contribution is -2.59. The van der Waals surface area contributed by atoms with E-state index in [0.717, 1.165) is 19.5 Å². The Morgan fingerprint density at radius 1 is 1.21 bits per heavy atom. The molecule has 0 aromatic carbocycles. The van der Waals surface area contributed by atoms with Gasteiger partial charge in [-0.2, -0.15) is 0 Å². The minimum Gasteiger partial charge on any atom is -0.373 e. The van der Waals surface area contributed by atoms with Crippen LogP contribution in [0.2, 0.25) is 0 Å². The number of morpholine rings is 1. The number of carbonyl (C=O) groups is 1. The second kappa shape index (κ2) is 7.30. The van der Waals surface area contributed by atoms with Gasteiger partial charge in [-0.15, -0.1) is 0 Å². The Kier molecular flexibility index (Phi) is 5.52. The molecule has 24 heavy (non-hydrogen) atoms. The highest BCUT2D eigenvalue weighted by Crippen LogP contribution is 2.33. The number of nitrogens with zero attached hydrogens (tertiary/aromatic N) is 1. The van der Waals surface area contributed by atoms with Gasteiger partial charge in [-0.05, 0) is 52.9 Å². The number of rotatable bonds is 4. The highest BCUT2D eigenvalue weighted by Gasteiger charge is 2.39. The monoisotopic (exact) mass is 337 g/mol. The first-order valence-electron chi connectivity index (χ1n) is 9.79. The van der Waals surface area contributed by atoms with E-state index >= 15 is 0 Å². The molecule has 138 valence electrons. The van der Waals surface area contributed by atoms with E-state index in [1.165, 1.54) is 25.7 Å². The minimum atomic E-state index is -0.0483. The normalized spacial score (nSPS) is 37.9. The van der Waals surface area contributed by atoms with Crippen LogP contribution in [0.3, 0.4) is 0 Å². The molecule has 0 aromatic heterocycles. The van der Waals surface area contributed by atoms with Gasteiger partial charge in [0.25, 0.3) is 0 Å². The predicted octanol–water partition coefficient (Wildman–Crippen LogP) is 1.91. The standard InChI is InChI=1S/C19H35N3O2/c1-13-10-22(11-14(2)24-13)19(3,4)12-20-18(23)17-9-15-7-5-6-8-16(15)21-17/h13-17,21H,5-12H2,1-4H3,(H,20,23). The highest BCUT2D eigenvalue weighted by atomic mass is 16.5. The van der Waals surface area contributed by atoms with Crippen LogP contribution in [0.15, 0.2) is 0 Å². The number of nitrogens with one attached hydrogen (secondary N) is 2. The van der Waals surface area contributed by atoms with E-state index in [1.54, 1.807) is 0 Å². The maximum absolute atomic E-state index is 12.6. The molecule has 5 atom stereocenters. The van der Waals surface area contributed by atoms with Gasteiger partial charge in [-0.25, -0.2) is 0 Å². The molecule has 5 unspecified atom stereocenters. The zero-order chi connectivity index (χ0) is 17.3. The maximum Gasteiger partial charge on any atom is 0.237 e. The predicted molar refractivity (Wildman–Crippen MR) is 96.0 cm³/mol. The minimum absolute atomic E-state index is 0.0106. The molecule has 5 heteroatoms. The van der Waals surface area contributed by atoms with E-state index in [0.29, 0.717) is 18.5 Å². The SMILES string of the molecule is CC1CN(C(C)(C)CNC(=O)C2CC3CCCCC3N2)CC(C)O1. The van der Waals surface area contributed by atoms with E-state index in [1.807, 2.05) is 0 Å². The van der Waals surface area contributed by atoms with Crippen LogP contribution in [0.25, 0.3) is 0 Å². The molecule has 5 nitrogen and oxygen atoms in total. The molecule has 2 heterocycles. The third-order valence-electron chi connectivity index (χ3n) is 6.15. The molecule has 3 rings (SSSR count). The Labute approximate surface area is 146 Å². The van der Waals surface area contributed by atoms with Crippen LogP contribution in [-0.2, 0) is 9.53 Å². The van der Waals surface area contributed by atoms with Gasteiger partial charge in [-0.1, -0.05) is 12.8 Å². The van der Waals surface area contributed by atoms with Crippen LogP contribution in [-0.4, -0.2) is 60.3 Å². The summed E-state index contributed by atoms with van der Waals surface area (Å²) in [4.78, 5) is 15.1. The van der Waals surface area contributed by atoms with Crippen LogP contribution in [0.1, 0.15) is 59.8 Å². The summed E-state index contributed by atoms with van der Waals surface area (Å²) in [6, 6.07) is 0.583. The van der Waals surface area contributed by atoms with Gasteiger partial charge in [0, 0.05) is 31.2 Å². The van der Waals surface area contributed by atoms with Crippen molar-refractivity contribution in [2.75, 3.05) is 19.6 Å². The number of ether oxygens (including phenoxy) is 1. The summed E-state index contributed by atoms with van der Waals surface area (Å²) in [5, 5.41) is 6.79. The number of hydrogen-bond acceptors (Lipinski definition) is 4. The second-order valence-electron chi connectivity index (χ2n) is 8.80. The fourth-order valence-corrected chi connectivity index (χ4v) is 4.73.